The van der Waals surface area contributed by atoms with Crippen LogP contribution in [0.2, 0.25) is 0 Å². The van der Waals surface area contributed by atoms with Gasteiger partial charge < -0.3 is 10.2 Å². The molecule has 0 spiro atoms. The number of aromatic nitrogens is 1. The molecule has 2 fully saturated rings. The number of nitrogens with one attached hydrogen (secondary N) is 1. The highest BCUT2D eigenvalue weighted by Gasteiger charge is 2.37. The van der Waals surface area contributed by atoms with Gasteiger partial charge in [0.1, 0.15) is 5.69 Å². The zero-order valence-corrected chi connectivity index (χ0v) is 11.5. The SMILES string of the molecule is O=C(c1ccccn1)N1CCC(N2C(=O)CNC2=O)CC1. The Bertz CT molecular complexity index is 551. The van der Waals surface area contributed by atoms with E-state index in [1.165, 1.54) is 4.90 Å². The van der Waals surface area contributed by atoms with Crippen LogP contribution >= 0.6 is 0 Å². The molecule has 0 bridgehead atoms. The number of pyridine rings is 1. The first-order valence-electron chi connectivity index (χ1n) is 6.97. The van der Waals surface area contributed by atoms with Crippen LogP contribution in [0, 0.1) is 0 Å². The number of urea groups is 1. The first-order valence-corrected chi connectivity index (χ1v) is 6.97. The van der Waals surface area contributed by atoms with Crippen LogP contribution in [0.4, 0.5) is 4.79 Å². The summed E-state index contributed by atoms with van der Waals surface area (Å²) in [5.74, 6) is -0.291. The maximum absolute atomic E-state index is 12.3. The van der Waals surface area contributed by atoms with Crippen LogP contribution in [0.3, 0.4) is 0 Å². The van der Waals surface area contributed by atoms with Crippen molar-refractivity contribution in [1.82, 2.24) is 20.1 Å². The van der Waals surface area contributed by atoms with E-state index in [-0.39, 0.29) is 30.4 Å². The van der Waals surface area contributed by atoms with Gasteiger partial charge in [0.2, 0.25) is 5.91 Å². The molecule has 7 heteroatoms. The van der Waals surface area contributed by atoms with Crippen molar-refractivity contribution in [3.8, 4) is 0 Å². The summed E-state index contributed by atoms with van der Waals surface area (Å²) >= 11 is 0. The van der Waals surface area contributed by atoms with Gasteiger partial charge in [-0.15, -0.1) is 0 Å². The van der Waals surface area contributed by atoms with Gasteiger partial charge in [0, 0.05) is 25.3 Å². The van der Waals surface area contributed by atoms with E-state index in [1.807, 2.05) is 0 Å². The zero-order chi connectivity index (χ0) is 14.8. The van der Waals surface area contributed by atoms with Crippen molar-refractivity contribution >= 4 is 17.8 Å². The van der Waals surface area contributed by atoms with E-state index < -0.39 is 0 Å². The average molecular weight is 288 g/mol. The minimum absolute atomic E-state index is 0.0753. The van der Waals surface area contributed by atoms with Gasteiger partial charge in [0.05, 0.1) is 6.54 Å². The fraction of sp³-hybridized carbons (Fsp3) is 0.429. The fourth-order valence-electron chi connectivity index (χ4n) is 2.78. The first-order chi connectivity index (χ1) is 10.2. The predicted octanol–water partition coefficient (Wildman–Crippen LogP) is 0.238. The van der Waals surface area contributed by atoms with Crippen molar-refractivity contribution in [2.45, 2.75) is 18.9 Å². The minimum Gasteiger partial charge on any atom is -0.337 e. The molecule has 110 valence electrons. The first kappa shape index (κ1) is 13.5. The Labute approximate surface area is 121 Å². The van der Waals surface area contributed by atoms with Gasteiger partial charge in [-0.1, -0.05) is 6.07 Å². The third-order valence-electron chi connectivity index (χ3n) is 3.88. The molecule has 0 saturated carbocycles. The largest absolute Gasteiger partial charge is 0.337 e. The molecule has 3 heterocycles. The molecule has 0 aromatic carbocycles. The lowest BCUT2D eigenvalue weighted by molar-refractivity contribution is -0.127. The van der Waals surface area contributed by atoms with Crippen molar-refractivity contribution in [3.63, 3.8) is 0 Å². The highest BCUT2D eigenvalue weighted by Crippen LogP contribution is 2.20. The molecule has 2 aliphatic rings. The van der Waals surface area contributed by atoms with E-state index in [2.05, 4.69) is 10.3 Å². The number of carbonyl (C=O) groups is 3. The zero-order valence-electron chi connectivity index (χ0n) is 11.5. The Balaban J connectivity index is 1.62. The van der Waals surface area contributed by atoms with E-state index in [0.717, 1.165) is 0 Å². The molecule has 0 atom stereocenters. The number of hydrogen-bond donors (Lipinski definition) is 1. The second-order valence-corrected chi connectivity index (χ2v) is 5.16. The lowest BCUT2D eigenvalue weighted by atomic mass is 10.0. The number of carbonyl (C=O) groups excluding carboxylic acids is 3. The summed E-state index contributed by atoms with van der Waals surface area (Å²) < 4.78 is 0. The highest BCUT2D eigenvalue weighted by atomic mass is 16.2. The third-order valence-corrected chi connectivity index (χ3v) is 3.88. The molecule has 0 radical (unpaired) electrons. The molecule has 0 unspecified atom stereocenters. The third kappa shape index (κ3) is 2.58. The van der Waals surface area contributed by atoms with E-state index in [0.29, 0.717) is 31.6 Å². The quantitative estimate of drug-likeness (QED) is 0.790. The van der Waals surface area contributed by atoms with Gasteiger partial charge in [-0.25, -0.2) is 4.79 Å². The van der Waals surface area contributed by atoms with E-state index in [1.54, 1.807) is 29.3 Å². The van der Waals surface area contributed by atoms with Crippen LogP contribution < -0.4 is 5.32 Å². The Kier molecular flexibility index (Phi) is 3.55. The Morgan fingerprint density at radius 2 is 2.00 bits per heavy atom. The summed E-state index contributed by atoms with van der Waals surface area (Å²) in [5, 5.41) is 2.52. The van der Waals surface area contributed by atoms with E-state index in [4.69, 9.17) is 0 Å². The molecule has 1 N–H and O–H groups in total. The Morgan fingerprint density at radius 3 is 2.57 bits per heavy atom. The fourth-order valence-corrected chi connectivity index (χ4v) is 2.78. The lowest BCUT2D eigenvalue weighted by Gasteiger charge is -2.35. The molecular formula is C14H16N4O3. The van der Waals surface area contributed by atoms with Crippen LogP contribution in [-0.2, 0) is 4.79 Å². The average Bonchev–Trinajstić information content (AvgIpc) is 2.87. The summed E-state index contributed by atoms with van der Waals surface area (Å²) in [5.41, 5.74) is 0.422. The second-order valence-electron chi connectivity index (χ2n) is 5.16. The second kappa shape index (κ2) is 5.51. The minimum atomic E-state index is -0.325. The molecule has 2 aliphatic heterocycles. The van der Waals surface area contributed by atoms with E-state index in [9.17, 15) is 14.4 Å². The molecular weight excluding hydrogens is 272 g/mol. The number of nitrogens with zero attached hydrogens (tertiary/aromatic N) is 3. The van der Waals surface area contributed by atoms with Crippen LogP contribution in [0.5, 0.6) is 0 Å². The molecule has 2 saturated heterocycles. The summed E-state index contributed by atoms with van der Waals surface area (Å²) in [7, 11) is 0. The monoisotopic (exact) mass is 288 g/mol. The van der Waals surface area contributed by atoms with Crippen molar-refractivity contribution < 1.29 is 14.4 Å². The van der Waals surface area contributed by atoms with Gasteiger partial charge >= 0.3 is 6.03 Å². The number of likely N-dealkylation sites (tertiary alicyclic amines) is 1. The van der Waals surface area contributed by atoms with Crippen molar-refractivity contribution in [3.05, 3.63) is 30.1 Å². The topological polar surface area (TPSA) is 82.6 Å². The van der Waals surface area contributed by atoms with Gasteiger partial charge in [0.15, 0.2) is 0 Å². The molecule has 1 aromatic heterocycles. The number of rotatable bonds is 2. The predicted molar refractivity (Wildman–Crippen MR) is 73.4 cm³/mol. The van der Waals surface area contributed by atoms with Gasteiger partial charge in [-0.3, -0.25) is 19.5 Å². The van der Waals surface area contributed by atoms with Gasteiger partial charge in [-0.2, -0.15) is 0 Å². The molecule has 7 nitrogen and oxygen atoms in total. The molecule has 3 rings (SSSR count). The van der Waals surface area contributed by atoms with Crippen LogP contribution in [0.15, 0.2) is 24.4 Å². The molecule has 4 amide bonds. The number of amides is 4. The number of imide groups is 1. The highest BCUT2D eigenvalue weighted by molar-refractivity contribution is 6.02. The van der Waals surface area contributed by atoms with E-state index >= 15 is 0 Å². The summed E-state index contributed by atoms with van der Waals surface area (Å²) in [6.07, 6.45) is 2.81. The van der Waals surface area contributed by atoms with Crippen molar-refractivity contribution in [1.29, 1.82) is 0 Å². The summed E-state index contributed by atoms with van der Waals surface area (Å²) in [6.45, 7) is 1.13. The van der Waals surface area contributed by atoms with Crippen molar-refractivity contribution in [2.24, 2.45) is 0 Å². The van der Waals surface area contributed by atoms with Crippen molar-refractivity contribution in [2.75, 3.05) is 19.6 Å². The van der Waals surface area contributed by atoms with Crippen LogP contribution in [-0.4, -0.2) is 58.3 Å². The van der Waals surface area contributed by atoms with Gasteiger partial charge in [0.25, 0.3) is 5.91 Å². The standard InChI is InChI=1S/C14H16N4O3/c19-12-9-16-14(21)18(12)10-4-7-17(8-5-10)13(20)11-3-1-2-6-15-11/h1-3,6,10H,4-5,7-9H2,(H,16,21). The Hall–Kier alpha value is -2.44. The van der Waals surface area contributed by atoms with Gasteiger partial charge in [-0.05, 0) is 25.0 Å². The Morgan fingerprint density at radius 1 is 1.24 bits per heavy atom. The maximum Gasteiger partial charge on any atom is 0.324 e. The maximum atomic E-state index is 12.3. The summed E-state index contributed by atoms with van der Waals surface area (Å²) in [4.78, 5) is 42.6. The number of piperidine rings is 1. The molecule has 1 aromatic rings. The summed E-state index contributed by atoms with van der Waals surface area (Å²) in [6, 6.07) is 4.79. The molecule has 21 heavy (non-hydrogen) atoms. The lowest BCUT2D eigenvalue weighted by Crippen LogP contribution is -2.49. The number of hydrogen-bond acceptors (Lipinski definition) is 4. The normalized spacial score (nSPS) is 19.8. The smallest absolute Gasteiger partial charge is 0.324 e. The van der Waals surface area contributed by atoms with Crippen LogP contribution in [0.25, 0.3) is 0 Å². The van der Waals surface area contributed by atoms with Crippen LogP contribution in [0.1, 0.15) is 23.3 Å². The molecule has 0 aliphatic carbocycles.